The van der Waals surface area contributed by atoms with E-state index in [1.807, 2.05) is 31.4 Å². The van der Waals surface area contributed by atoms with Gasteiger partial charge < -0.3 is 10.2 Å². The van der Waals surface area contributed by atoms with Crippen molar-refractivity contribution < 1.29 is 24.2 Å². The molecule has 9 heteroatoms. The second kappa shape index (κ2) is 8.96. The minimum Gasteiger partial charge on any atom is -0.390 e. The van der Waals surface area contributed by atoms with Crippen molar-refractivity contribution in [3.8, 4) is 0 Å². The number of carbonyl (C=O) groups excluding carboxylic acids is 2. The van der Waals surface area contributed by atoms with Gasteiger partial charge in [0.25, 0.3) is 0 Å². The molecule has 0 bridgehead atoms. The smallest absolute Gasteiger partial charge is 0.178 e. The molecular formula is C32H33FN2O4S2. The maximum Gasteiger partial charge on any atom is 0.178 e. The second-order valence-corrected chi connectivity index (χ2v) is 14.8. The van der Waals surface area contributed by atoms with Gasteiger partial charge >= 0.3 is 0 Å². The van der Waals surface area contributed by atoms with Gasteiger partial charge in [-0.3, -0.25) is 9.59 Å². The maximum absolute atomic E-state index is 17.4. The van der Waals surface area contributed by atoms with Crippen molar-refractivity contribution in [2.75, 3.05) is 0 Å². The lowest BCUT2D eigenvalue weighted by Gasteiger charge is -2.62. The monoisotopic (exact) mass is 592 g/mol. The molecule has 6 nitrogen and oxygen atoms in total. The van der Waals surface area contributed by atoms with E-state index >= 15 is 4.39 Å². The zero-order valence-corrected chi connectivity index (χ0v) is 24.9. The molecule has 8 atom stereocenters. The van der Waals surface area contributed by atoms with Crippen LogP contribution in [0.25, 0.3) is 10.2 Å². The number of Topliss-reactive ketones (excluding diaryl/α,β-unsaturated/α-hetero) is 1. The SMILES string of the molecule is C[C@@H]1C[C@H]2[C@@H]3CCC4=CC(=O)C=C[C@]4(C)[C@@]3(F)[C@@H](O)C[C@]2(C)[C@@]1(O)c1csc(CC(=O)c2ccc3ncsc3c2)n1. The summed E-state index contributed by atoms with van der Waals surface area (Å²) in [4.78, 5) is 34.3. The molecule has 0 radical (unpaired) electrons. The zero-order chi connectivity index (χ0) is 28.9. The van der Waals surface area contributed by atoms with Gasteiger partial charge in [0, 0.05) is 27.7 Å². The summed E-state index contributed by atoms with van der Waals surface area (Å²) in [6.45, 7) is 5.77. The third kappa shape index (κ3) is 3.52. The summed E-state index contributed by atoms with van der Waals surface area (Å²) in [7, 11) is 0. The number of ketones is 2. The van der Waals surface area contributed by atoms with E-state index in [9.17, 15) is 19.8 Å². The number of rotatable bonds is 4. The van der Waals surface area contributed by atoms with Crippen LogP contribution in [0.15, 0.2) is 52.9 Å². The number of allylic oxidation sites excluding steroid dienone is 4. The minimum atomic E-state index is -1.94. The fourth-order valence-corrected chi connectivity index (χ4v) is 10.5. The van der Waals surface area contributed by atoms with Gasteiger partial charge in [-0.2, -0.15) is 0 Å². The molecule has 1 aromatic carbocycles. The highest BCUT2D eigenvalue weighted by Crippen LogP contribution is 2.72. The molecule has 3 saturated carbocycles. The molecule has 3 aromatic rings. The Labute approximate surface area is 246 Å². The van der Waals surface area contributed by atoms with E-state index in [-0.39, 0.29) is 36.2 Å². The molecule has 0 saturated heterocycles. The van der Waals surface area contributed by atoms with Gasteiger partial charge in [0.15, 0.2) is 17.2 Å². The van der Waals surface area contributed by atoms with E-state index in [2.05, 4.69) is 4.98 Å². The highest BCUT2D eigenvalue weighted by Gasteiger charge is 2.74. The van der Waals surface area contributed by atoms with Crippen molar-refractivity contribution in [1.82, 2.24) is 9.97 Å². The standard InChI is InChI=1S/C32H33FN2O4S2/c1-17-10-22-21-6-5-19-12-20(36)8-9-29(19,2)31(21,33)27(38)14-30(22,3)32(17,39)26-15-40-28(35-26)13-24(37)18-4-7-23-25(11-18)41-16-34-23/h4,7-9,11-12,15-17,21-22,27,38-39H,5-6,10,13-14H2,1-3H3/t17-,21+,22+,27+,29+,30+,31+,32+/m1/s1. The van der Waals surface area contributed by atoms with Crippen LogP contribution in [0.1, 0.15) is 67.5 Å². The van der Waals surface area contributed by atoms with E-state index in [4.69, 9.17) is 4.98 Å². The lowest BCUT2D eigenvalue weighted by molar-refractivity contribution is -0.223. The molecule has 2 N–H and O–H groups in total. The zero-order valence-electron chi connectivity index (χ0n) is 23.3. The average Bonchev–Trinajstić information content (AvgIpc) is 3.65. The molecule has 2 aromatic heterocycles. The molecule has 0 unspecified atom stereocenters. The summed E-state index contributed by atoms with van der Waals surface area (Å²) in [5.41, 5.74) is -0.727. The van der Waals surface area contributed by atoms with Crippen molar-refractivity contribution in [2.45, 2.75) is 70.2 Å². The van der Waals surface area contributed by atoms with E-state index in [0.717, 1.165) is 15.8 Å². The summed E-state index contributed by atoms with van der Waals surface area (Å²) in [6.07, 6.45) is 5.21. The van der Waals surface area contributed by atoms with Crippen LogP contribution in [0.3, 0.4) is 0 Å². The number of aliphatic hydroxyl groups is 2. The number of thiazole rings is 2. The molecule has 4 aliphatic rings. The van der Waals surface area contributed by atoms with Gasteiger partial charge in [0.2, 0.25) is 0 Å². The van der Waals surface area contributed by atoms with Crippen LogP contribution in [0.2, 0.25) is 0 Å². The number of nitrogens with zero attached hydrogens (tertiary/aromatic N) is 2. The number of halogens is 1. The van der Waals surface area contributed by atoms with Gasteiger partial charge in [0.05, 0.1) is 33.9 Å². The van der Waals surface area contributed by atoms with Crippen LogP contribution in [0.5, 0.6) is 0 Å². The summed E-state index contributed by atoms with van der Waals surface area (Å²) in [5, 5.41) is 26.6. The van der Waals surface area contributed by atoms with Crippen LogP contribution in [0, 0.1) is 28.6 Å². The molecule has 7 rings (SSSR count). The Bertz CT molecular complexity index is 1660. The normalized spacial score (nSPS) is 39.8. The van der Waals surface area contributed by atoms with Crippen LogP contribution in [-0.4, -0.2) is 43.5 Å². The topological polar surface area (TPSA) is 100 Å². The van der Waals surface area contributed by atoms with Crippen molar-refractivity contribution in [2.24, 2.45) is 28.6 Å². The van der Waals surface area contributed by atoms with Crippen LogP contribution >= 0.6 is 22.7 Å². The van der Waals surface area contributed by atoms with Gasteiger partial charge in [0.1, 0.15) is 10.6 Å². The van der Waals surface area contributed by atoms with Crippen molar-refractivity contribution in [3.05, 3.63) is 69.2 Å². The predicted octanol–water partition coefficient (Wildman–Crippen LogP) is 5.98. The van der Waals surface area contributed by atoms with Gasteiger partial charge in [-0.05, 0) is 74.8 Å². The molecule has 41 heavy (non-hydrogen) atoms. The van der Waals surface area contributed by atoms with Crippen LogP contribution < -0.4 is 0 Å². The molecule has 3 fully saturated rings. The highest BCUT2D eigenvalue weighted by atomic mass is 32.1. The first-order valence-electron chi connectivity index (χ1n) is 14.3. The first-order valence-corrected chi connectivity index (χ1v) is 16.0. The molecule has 4 aliphatic carbocycles. The molecule has 0 amide bonds. The lowest BCUT2D eigenvalue weighted by atomic mass is 9.44. The molecule has 0 aliphatic heterocycles. The summed E-state index contributed by atoms with van der Waals surface area (Å²) < 4.78 is 18.4. The number of hydrogen-bond donors (Lipinski definition) is 2. The van der Waals surface area contributed by atoms with E-state index < -0.39 is 34.1 Å². The number of aliphatic hydroxyl groups excluding tert-OH is 1. The van der Waals surface area contributed by atoms with Gasteiger partial charge in [-0.25, -0.2) is 14.4 Å². The first kappa shape index (κ1) is 27.3. The second-order valence-electron chi connectivity index (χ2n) is 12.9. The number of benzene rings is 1. The lowest BCUT2D eigenvalue weighted by Crippen LogP contribution is -2.68. The Morgan fingerprint density at radius 2 is 2.02 bits per heavy atom. The maximum atomic E-state index is 17.4. The largest absolute Gasteiger partial charge is 0.390 e. The predicted molar refractivity (Wildman–Crippen MR) is 157 cm³/mol. The fourth-order valence-electron chi connectivity index (χ4n) is 8.93. The Kier molecular flexibility index (Phi) is 5.95. The summed E-state index contributed by atoms with van der Waals surface area (Å²) in [6, 6.07) is 5.49. The third-order valence-electron chi connectivity index (χ3n) is 11.1. The first-order chi connectivity index (χ1) is 19.4. The number of fused-ring (bicyclic) bond motifs is 6. The Morgan fingerprint density at radius 3 is 2.83 bits per heavy atom. The van der Waals surface area contributed by atoms with Crippen molar-refractivity contribution in [1.29, 1.82) is 0 Å². The number of aromatic nitrogens is 2. The number of hydrogen-bond acceptors (Lipinski definition) is 8. The number of alkyl halides is 1. The quantitative estimate of drug-likeness (QED) is 0.362. The van der Waals surface area contributed by atoms with Crippen LogP contribution in [-0.2, 0) is 16.8 Å². The van der Waals surface area contributed by atoms with Crippen LogP contribution in [0.4, 0.5) is 4.39 Å². The Hall–Kier alpha value is -2.59. The Balaban J connectivity index is 1.20. The Morgan fingerprint density at radius 1 is 1.22 bits per heavy atom. The van der Waals surface area contributed by atoms with E-state index in [1.165, 1.54) is 28.7 Å². The summed E-state index contributed by atoms with van der Waals surface area (Å²) in [5.74, 6) is -1.07. The van der Waals surface area contributed by atoms with Crippen molar-refractivity contribution >= 4 is 44.5 Å². The molecule has 214 valence electrons. The molecule has 0 spiro atoms. The summed E-state index contributed by atoms with van der Waals surface area (Å²) >= 11 is 2.84. The average molecular weight is 593 g/mol. The third-order valence-corrected chi connectivity index (χ3v) is 12.8. The minimum absolute atomic E-state index is 0.0506. The van der Waals surface area contributed by atoms with E-state index in [1.54, 1.807) is 30.7 Å². The molecule has 2 heterocycles. The van der Waals surface area contributed by atoms with Gasteiger partial charge in [-0.1, -0.05) is 25.5 Å². The van der Waals surface area contributed by atoms with E-state index in [0.29, 0.717) is 35.5 Å². The fraction of sp³-hybridized carbons (Fsp3) is 0.500. The molecular weight excluding hydrogens is 559 g/mol. The highest BCUT2D eigenvalue weighted by molar-refractivity contribution is 7.16. The number of carbonyl (C=O) groups is 2. The van der Waals surface area contributed by atoms with Gasteiger partial charge in [-0.15, -0.1) is 22.7 Å². The van der Waals surface area contributed by atoms with Crippen molar-refractivity contribution in [3.63, 3.8) is 0 Å².